The summed E-state index contributed by atoms with van der Waals surface area (Å²) in [7, 11) is 0. The number of amides is 1. The quantitative estimate of drug-likeness (QED) is 0.597. The molecule has 0 radical (unpaired) electrons. The Labute approximate surface area is 100 Å². The van der Waals surface area contributed by atoms with Crippen LogP contribution in [-0.2, 0) is 9.53 Å². The van der Waals surface area contributed by atoms with Crippen molar-refractivity contribution in [1.29, 1.82) is 5.26 Å². The van der Waals surface area contributed by atoms with E-state index in [1.54, 1.807) is 0 Å². The SMILES string of the molecule is CC(CO)(CO)NC(=O)C1(C#N)CCOCC1. The minimum atomic E-state index is -1.11. The Kier molecular flexibility index (Phi) is 4.46. The summed E-state index contributed by atoms with van der Waals surface area (Å²) in [5, 5.41) is 29.9. The summed E-state index contributed by atoms with van der Waals surface area (Å²) < 4.78 is 5.13. The van der Waals surface area contributed by atoms with Gasteiger partial charge in [0.25, 0.3) is 0 Å². The molecule has 0 atom stereocenters. The molecule has 1 rings (SSSR count). The number of aliphatic hydroxyl groups is 2. The van der Waals surface area contributed by atoms with Crippen LogP contribution in [0.3, 0.4) is 0 Å². The lowest BCUT2D eigenvalue weighted by Crippen LogP contribution is -2.56. The highest BCUT2D eigenvalue weighted by atomic mass is 16.5. The van der Waals surface area contributed by atoms with Gasteiger partial charge in [-0.2, -0.15) is 5.26 Å². The van der Waals surface area contributed by atoms with Gasteiger partial charge in [-0.05, 0) is 19.8 Å². The Hall–Kier alpha value is -1.16. The molecular formula is C11H18N2O4. The summed E-state index contributed by atoms with van der Waals surface area (Å²) in [5.74, 6) is -0.450. The molecule has 0 bridgehead atoms. The van der Waals surface area contributed by atoms with Gasteiger partial charge in [0.05, 0.1) is 24.8 Å². The van der Waals surface area contributed by atoms with Crippen molar-refractivity contribution in [3.63, 3.8) is 0 Å². The number of hydrogen-bond donors (Lipinski definition) is 3. The fraction of sp³-hybridized carbons (Fsp3) is 0.818. The monoisotopic (exact) mass is 242 g/mol. The maximum atomic E-state index is 12.1. The Morgan fingerprint density at radius 3 is 2.41 bits per heavy atom. The van der Waals surface area contributed by atoms with E-state index in [1.807, 2.05) is 6.07 Å². The summed E-state index contributed by atoms with van der Waals surface area (Å²) in [6.45, 7) is 1.50. The standard InChI is InChI=1S/C11H18N2O4/c1-10(7-14,8-15)13-9(16)11(6-12)2-4-17-5-3-11/h14-15H,2-5,7-8H2,1H3,(H,13,16). The molecule has 6 nitrogen and oxygen atoms in total. The zero-order valence-electron chi connectivity index (χ0n) is 9.90. The van der Waals surface area contributed by atoms with Gasteiger partial charge in [0.15, 0.2) is 0 Å². The number of nitrogens with zero attached hydrogens (tertiary/aromatic N) is 1. The van der Waals surface area contributed by atoms with E-state index >= 15 is 0 Å². The Bertz CT molecular complexity index is 314. The van der Waals surface area contributed by atoms with Crippen molar-refractivity contribution in [1.82, 2.24) is 5.32 Å². The van der Waals surface area contributed by atoms with Gasteiger partial charge in [-0.3, -0.25) is 4.79 Å². The molecule has 1 aliphatic heterocycles. The maximum absolute atomic E-state index is 12.1. The van der Waals surface area contributed by atoms with Crippen LogP contribution in [-0.4, -0.2) is 48.1 Å². The number of carbonyl (C=O) groups excluding carboxylic acids is 1. The lowest BCUT2D eigenvalue weighted by atomic mass is 9.80. The molecule has 1 fully saturated rings. The predicted octanol–water partition coefficient (Wildman–Crippen LogP) is -0.834. The van der Waals surface area contributed by atoms with Crippen molar-refractivity contribution in [3.05, 3.63) is 0 Å². The van der Waals surface area contributed by atoms with Crippen LogP contribution in [0, 0.1) is 16.7 Å². The summed E-state index contributed by atoms with van der Waals surface area (Å²) in [6.07, 6.45) is 0.671. The first-order valence-electron chi connectivity index (χ1n) is 5.55. The van der Waals surface area contributed by atoms with Gasteiger partial charge in [-0.15, -0.1) is 0 Å². The lowest BCUT2D eigenvalue weighted by Gasteiger charge is -2.34. The van der Waals surface area contributed by atoms with E-state index in [1.165, 1.54) is 6.92 Å². The second kappa shape index (κ2) is 5.45. The summed E-state index contributed by atoms with van der Waals surface area (Å²) in [6, 6.07) is 2.03. The molecule has 17 heavy (non-hydrogen) atoms. The highest BCUT2D eigenvalue weighted by Gasteiger charge is 2.42. The van der Waals surface area contributed by atoms with Crippen LogP contribution in [0.15, 0.2) is 0 Å². The summed E-state index contributed by atoms with van der Waals surface area (Å²) in [4.78, 5) is 12.1. The van der Waals surface area contributed by atoms with E-state index in [0.29, 0.717) is 26.1 Å². The maximum Gasteiger partial charge on any atom is 0.241 e. The van der Waals surface area contributed by atoms with Crippen molar-refractivity contribution < 1.29 is 19.7 Å². The van der Waals surface area contributed by atoms with Gasteiger partial charge in [0.1, 0.15) is 5.41 Å². The van der Waals surface area contributed by atoms with Crippen LogP contribution in [0.2, 0.25) is 0 Å². The highest BCUT2D eigenvalue weighted by molar-refractivity contribution is 5.86. The molecule has 1 saturated heterocycles. The molecular weight excluding hydrogens is 224 g/mol. The van der Waals surface area contributed by atoms with E-state index in [4.69, 9.17) is 20.2 Å². The zero-order chi connectivity index (χ0) is 12.9. The van der Waals surface area contributed by atoms with Crippen LogP contribution < -0.4 is 5.32 Å². The number of nitrogens with one attached hydrogen (secondary N) is 1. The molecule has 0 aromatic carbocycles. The van der Waals surface area contributed by atoms with Gasteiger partial charge in [0.2, 0.25) is 5.91 Å². The van der Waals surface area contributed by atoms with Crippen molar-refractivity contribution >= 4 is 5.91 Å². The average Bonchev–Trinajstić information content (AvgIpc) is 2.39. The van der Waals surface area contributed by atoms with Gasteiger partial charge in [-0.1, -0.05) is 0 Å². The molecule has 0 aromatic rings. The number of hydrogen-bond acceptors (Lipinski definition) is 5. The van der Waals surface area contributed by atoms with Crippen molar-refractivity contribution in [2.24, 2.45) is 5.41 Å². The predicted molar refractivity (Wildman–Crippen MR) is 58.8 cm³/mol. The number of carbonyl (C=O) groups is 1. The van der Waals surface area contributed by atoms with Crippen molar-refractivity contribution in [2.45, 2.75) is 25.3 Å². The van der Waals surface area contributed by atoms with Gasteiger partial charge in [0, 0.05) is 13.2 Å². The van der Waals surface area contributed by atoms with E-state index < -0.39 is 16.9 Å². The fourth-order valence-corrected chi connectivity index (χ4v) is 1.63. The molecule has 1 heterocycles. The van der Waals surface area contributed by atoms with Crippen LogP contribution in [0.1, 0.15) is 19.8 Å². The molecule has 0 aromatic heterocycles. The molecule has 0 saturated carbocycles. The van der Waals surface area contributed by atoms with Gasteiger partial charge < -0.3 is 20.3 Å². The van der Waals surface area contributed by atoms with Crippen LogP contribution >= 0.6 is 0 Å². The number of ether oxygens (including phenoxy) is 1. The molecule has 3 N–H and O–H groups in total. The third kappa shape index (κ3) is 2.94. The molecule has 0 aliphatic carbocycles. The largest absolute Gasteiger partial charge is 0.394 e. The second-order valence-electron chi connectivity index (χ2n) is 4.64. The first-order valence-corrected chi connectivity index (χ1v) is 5.55. The first kappa shape index (κ1) is 13.9. The van der Waals surface area contributed by atoms with Crippen LogP contribution in [0.25, 0.3) is 0 Å². The van der Waals surface area contributed by atoms with Gasteiger partial charge >= 0.3 is 0 Å². The van der Waals surface area contributed by atoms with Crippen LogP contribution in [0.5, 0.6) is 0 Å². The smallest absolute Gasteiger partial charge is 0.241 e. The minimum Gasteiger partial charge on any atom is -0.394 e. The minimum absolute atomic E-state index is 0.336. The summed E-state index contributed by atoms with van der Waals surface area (Å²) in [5.41, 5.74) is -2.21. The Morgan fingerprint density at radius 1 is 1.47 bits per heavy atom. The zero-order valence-corrected chi connectivity index (χ0v) is 9.90. The lowest BCUT2D eigenvalue weighted by molar-refractivity contribution is -0.135. The fourth-order valence-electron chi connectivity index (χ4n) is 1.63. The summed E-state index contributed by atoms with van der Waals surface area (Å²) >= 11 is 0. The molecule has 1 aliphatic rings. The van der Waals surface area contributed by atoms with Crippen LogP contribution in [0.4, 0.5) is 0 Å². The Balaban J connectivity index is 2.77. The molecule has 6 heteroatoms. The molecule has 96 valence electrons. The normalized spacial score (nSPS) is 19.4. The third-order valence-corrected chi connectivity index (χ3v) is 3.11. The third-order valence-electron chi connectivity index (χ3n) is 3.11. The van der Waals surface area contributed by atoms with E-state index in [-0.39, 0.29) is 13.2 Å². The number of rotatable bonds is 4. The van der Waals surface area contributed by atoms with E-state index in [9.17, 15) is 4.79 Å². The second-order valence-corrected chi connectivity index (χ2v) is 4.64. The van der Waals surface area contributed by atoms with Crippen molar-refractivity contribution in [2.75, 3.05) is 26.4 Å². The topological polar surface area (TPSA) is 103 Å². The Morgan fingerprint density at radius 2 is 2.00 bits per heavy atom. The van der Waals surface area contributed by atoms with Gasteiger partial charge in [-0.25, -0.2) is 0 Å². The van der Waals surface area contributed by atoms with E-state index in [2.05, 4.69) is 5.32 Å². The molecule has 0 unspecified atom stereocenters. The molecule has 1 amide bonds. The number of aliphatic hydroxyl groups excluding tert-OH is 2. The highest BCUT2D eigenvalue weighted by Crippen LogP contribution is 2.30. The first-order chi connectivity index (χ1) is 8.02. The van der Waals surface area contributed by atoms with E-state index in [0.717, 1.165) is 0 Å². The average molecular weight is 242 g/mol. The van der Waals surface area contributed by atoms with Crippen molar-refractivity contribution in [3.8, 4) is 6.07 Å². The number of nitriles is 1. The molecule has 0 spiro atoms.